The highest BCUT2D eigenvalue weighted by atomic mass is 16.5. The molecule has 1 aliphatic rings. The molecule has 0 aromatic heterocycles. The third kappa shape index (κ3) is 4.64. The number of carbonyl (C=O) groups excluding carboxylic acids is 2. The number of hydrogen-bond acceptors (Lipinski definition) is 5. The maximum Gasteiger partial charge on any atom is 0.281 e. The monoisotopic (exact) mass is 464 g/mol. The van der Waals surface area contributed by atoms with E-state index in [0.29, 0.717) is 24.0 Å². The largest absolute Gasteiger partial charge is 0.497 e. The number of carbonyl (C=O) groups is 2. The summed E-state index contributed by atoms with van der Waals surface area (Å²) in [6, 6.07) is 28.6. The molecule has 1 atom stereocenters. The van der Waals surface area contributed by atoms with Crippen LogP contribution in [-0.2, 0) is 4.79 Å². The summed E-state index contributed by atoms with van der Waals surface area (Å²) >= 11 is 0. The van der Waals surface area contributed by atoms with Crippen molar-refractivity contribution in [1.82, 2.24) is 5.01 Å². The minimum atomic E-state index is -0.290. The van der Waals surface area contributed by atoms with E-state index >= 15 is 0 Å². The van der Waals surface area contributed by atoms with Crippen molar-refractivity contribution in [2.45, 2.75) is 12.5 Å². The van der Waals surface area contributed by atoms with Gasteiger partial charge in [0, 0.05) is 6.42 Å². The molecule has 0 saturated heterocycles. The fourth-order valence-corrected chi connectivity index (χ4v) is 4.28. The van der Waals surface area contributed by atoms with Crippen LogP contribution in [-0.4, -0.2) is 36.6 Å². The van der Waals surface area contributed by atoms with Crippen molar-refractivity contribution in [3.05, 3.63) is 108 Å². The highest BCUT2D eigenvalue weighted by Gasteiger charge is 2.33. The van der Waals surface area contributed by atoms with E-state index in [0.717, 1.165) is 33.4 Å². The Morgan fingerprint density at radius 2 is 1.71 bits per heavy atom. The lowest BCUT2D eigenvalue weighted by Gasteiger charge is -2.22. The first-order chi connectivity index (χ1) is 17.2. The Morgan fingerprint density at radius 3 is 2.49 bits per heavy atom. The van der Waals surface area contributed by atoms with Gasteiger partial charge in [-0.15, -0.1) is 0 Å². The van der Waals surface area contributed by atoms with E-state index in [9.17, 15) is 9.59 Å². The Hall–Kier alpha value is -4.45. The van der Waals surface area contributed by atoms with Crippen LogP contribution >= 0.6 is 0 Å². The molecule has 0 radical (unpaired) electrons. The highest BCUT2D eigenvalue weighted by molar-refractivity contribution is 6.05. The second kappa shape index (κ2) is 9.81. The zero-order chi connectivity index (χ0) is 24.2. The normalized spacial score (nSPS) is 15.1. The van der Waals surface area contributed by atoms with Crippen LogP contribution < -0.4 is 9.47 Å². The number of fused-ring (bicyclic) bond motifs is 1. The van der Waals surface area contributed by atoms with Crippen LogP contribution in [0.5, 0.6) is 11.5 Å². The lowest BCUT2D eigenvalue weighted by Crippen LogP contribution is -2.31. The Labute approximate surface area is 203 Å². The summed E-state index contributed by atoms with van der Waals surface area (Å²) in [6.45, 7) is -0.230. The summed E-state index contributed by atoms with van der Waals surface area (Å²) < 4.78 is 11.0. The number of ether oxygens (including phenoxy) is 2. The third-order valence-corrected chi connectivity index (χ3v) is 6.15. The number of rotatable bonds is 7. The molecule has 1 unspecified atom stereocenters. The highest BCUT2D eigenvalue weighted by Crippen LogP contribution is 2.34. The van der Waals surface area contributed by atoms with Gasteiger partial charge in [0.05, 0.1) is 24.4 Å². The SMILES string of the molecule is COc1ccc(C2CC(c3ccc4ccccc4c3)=NN2C(=O)COc2ccccc2C=O)cc1. The van der Waals surface area contributed by atoms with Crippen molar-refractivity contribution < 1.29 is 19.1 Å². The molecule has 5 rings (SSSR count). The van der Waals surface area contributed by atoms with Crippen LogP contribution in [0.4, 0.5) is 0 Å². The number of benzene rings is 4. The zero-order valence-electron chi connectivity index (χ0n) is 19.3. The van der Waals surface area contributed by atoms with Gasteiger partial charge in [-0.2, -0.15) is 5.10 Å². The van der Waals surface area contributed by atoms with Gasteiger partial charge in [-0.25, -0.2) is 5.01 Å². The minimum Gasteiger partial charge on any atom is -0.497 e. The Kier molecular flexibility index (Phi) is 6.26. The van der Waals surface area contributed by atoms with E-state index in [1.165, 1.54) is 5.01 Å². The van der Waals surface area contributed by atoms with Crippen molar-refractivity contribution in [3.63, 3.8) is 0 Å². The first kappa shape index (κ1) is 22.3. The molecule has 6 nitrogen and oxygen atoms in total. The fraction of sp³-hybridized carbons (Fsp3) is 0.138. The second-order valence-electron chi connectivity index (χ2n) is 8.28. The Balaban J connectivity index is 1.44. The summed E-state index contributed by atoms with van der Waals surface area (Å²) in [5, 5.41) is 8.50. The molecule has 0 N–H and O–H groups in total. The Bertz CT molecular complexity index is 1410. The predicted molar refractivity (Wildman–Crippen MR) is 135 cm³/mol. The van der Waals surface area contributed by atoms with Crippen LogP contribution in [0.2, 0.25) is 0 Å². The average molecular weight is 465 g/mol. The number of nitrogens with zero attached hydrogens (tertiary/aromatic N) is 2. The molecule has 1 amide bonds. The topological polar surface area (TPSA) is 68.2 Å². The second-order valence-corrected chi connectivity index (χ2v) is 8.28. The van der Waals surface area contributed by atoms with Gasteiger partial charge >= 0.3 is 0 Å². The minimum absolute atomic E-state index is 0.230. The van der Waals surface area contributed by atoms with Gasteiger partial charge in [-0.3, -0.25) is 9.59 Å². The molecule has 0 bridgehead atoms. The molecule has 0 saturated carbocycles. The van der Waals surface area contributed by atoms with Gasteiger partial charge in [0.1, 0.15) is 11.5 Å². The molecular weight excluding hydrogens is 440 g/mol. The van der Waals surface area contributed by atoms with Crippen LogP contribution in [0, 0.1) is 0 Å². The molecule has 174 valence electrons. The standard InChI is InChI=1S/C29H24N2O4/c1-34-25-14-12-21(13-15-25)27-17-26(23-11-10-20-6-2-3-7-22(20)16-23)30-31(27)29(33)19-35-28-9-5-4-8-24(28)18-32/h2-16,18,27H,17,19H2,1H3. The van der Waals surface area contributed by atoms with Gasteiger partial charge in [0.2, 0.25) is 0 Å². The number of aldehydes is 1. The number of para-hydroxylation sites is 1. The van der Waals surface area contributed by atoms with Crippen molar-refractivity contribution in [1.29, 1.82) is 0 Å². The van der Waals surface area contributed by atoms with E-state index < -0.39 is 0 Å². The number of methoxy groups -OCH3 is 1. The fourth-order valence-electron chi connectivity index (χ4n) is 4.28. The molecular formula is C29H24N2O4. The maximum absolute atomic E-state index is 13.3. The van der Waals surface area contributed by atoms with Crippen molar-refractivity contribution in [2.24, 2.45) is 5.10 Å². The number of hydrazone groups is 1. The lowest BCUT2D eigenvalue weighted by molar-refractivity contribution is -0.135. The number of amides is 1. The Morgan fingerprint density at radius 1 is 0.971 bits per heavy atom. The molecule has 4 aromatic rings. The van der Waals surface area contributed by atoms with Gasteiger partial charge in [0.25, 0.3) is 5.91 Å². The molecule has 35 heavy (non-hydrogen) atoms. The van der Waals surface area contributed by atoms with E-state index in [2.05, 4.69) is 24.3 Å². The van der Waals surface area contributed by atoms with Crippen LogP contribution in [0.1, 0.15) is 33.9 Å². The van der Waals surface area contributed by atoms with Gasteiger partial charge in [0.15, 0.2) is 12.9 Å². The predicted octanol–water partition coefficient (Wildman–Crippen LogP) is 5.42. The molecule has 1 heterocycles. The van der Waals surface area contributed by atoms with Crippen LogP contribution in [0.15, 0.2) is 96.1 Å². The molecule has 6 heteroatoms. The first-order valence-electron chi connectivity index (χ1n) is 11.4. The van der Waals surface area contributed by atoms with Gasteiger partial charge in [-0.1, -0.05) is 60.7 Å². The summed E-state index contributed by atoms with van der Waals surface area (Å²) in [4.78, 5) is 24.6. The van der Waals surface area contributed by atoms with Gasteiger partial charge in [-0.05, 0) is 52.2 Å². The van der Waals surface area contributed by atoms with E-state index in [4.69, 9.17) is 14.6 Å². The number of hydrogen-bond donors (Lipinski definition) is 0. The lowest BCUT2D eigenvalue weighted by atomic mass is 9.97. The first-order valence-corrected chi connectivity index (χ1v) is 11.4. The summed E-state index contributed by atoms with van der Waals surface area (Å²) in [7, 11) is 1.62. The summed E-state index contributed by atoms with van der Waals surface area (Å²) in [6.07, 6.45) is 1.28. The van der Waals surface area contributed by atoms with Crippen LogP contribution in [0.3, 0.4) is 0 Å². The van der Waals surface area contributed by atoms with Crippen molar-refractivity contribution in [3.8, 4) is 11.5 Å². The zero-order valence-corrected chi connectivity index (χ0v) is 19.3. The van der Waals surface area contributed by atoms with E-state index in [1.807, 2.05) is 42.5 Å². The van der Waals surface area contributed by atoms with Crippen molar-refractivity contribution in [2.75, 3.05) is 13.7 Å². The third-order valence-electron chi connectivity index (χ3n) is 6.15. The smallest absolute Gasteiger partial charge is 0.281 e. The molecule has 0 aliphatic carbocycles. The molecule has 0 spiro atoms. The van der Waals surface area contributed by atoms with Gasteiger partial charge < -0.3 is 9.47 Å². The average Bonchev–Trinajstić information content (AvgIpc) is 3.37. The van der Waals surface area contributed by atoms with Crippen LogP contribution in [0.25, 0.3) is 10.8 Å². The maximum atomic E-state index is 13.3. The quantitative estimate of drug-likeness (QED) is 0.343. The summed E-state index contributed by atoms with van der Waals surface area (Å²) in [5.74, 6) is 0.825. The molecule has 4 aromatic carbocycles. The molecule has 1 aliphatic heterocycles. The summed E-state index contributed by atoms with van der Waals surface area (Å²) in [5.41, 5.74) is 3.16. The van der Waals surface area contributed by atoms with E-state index in [1.54, 1.807) is 31.4 Å². The van der Waals surface area contributed by atoms with E-state index in [-0.39, 0.29) is 18.6 Å². The van der Waals surface area contributed by atoms with Crippen molar-refractivity contribution >= 4 is 28.7 Å². The molecule has 0 fully saturated rings.